The second kappa shape index (κ2) is 5.85. The van der Waals surface area contributed by atoms with Gasteiger partial charge in [-0.2, -0.15) is 0 Å². The van der Waals surface area contributed by atoms with Gasteiger partial charge < -0.3 is 11.1 Å². The molecule has 1 rings (SSSR count). The van der Waals surface area contributed by atoms with Crippen molar-refractivity contribution < 1.29 is 4.79 Å². The molecular formula is C14H21BrN2O. The molecule has 1 amide bonds. The third-order valence-corrected chi connectivity index (χ3v) is 4.66. The number of hydrogen-bond acceptors (Lipinski definition) is 2. The van der Waals surface area contributed by atoms with Gasteiger partial charge in [-0.05, 0) is 49.9 Å². The highest BCUT2D eigenvalue weighted by Crippen LogP contribution is 2.25. The van der Waals surface area contributed by atoms with E-state index >= 15 is 0 Å². The summed E-state index contributed by atoms with van der Waals surface area (Å²) in [4.78, 5) is 12.2. The summed E-state index contributed by atoms with van der Waals surface area (Å²) in [5, 5.41) is 2.91. The van der Waals surface area contributed by atoms with Crippen LogP contribution in [-0.4, -0.2) is 11.4 Å². The summed E-state index contributed by atoms with van der Waals surface area (Å²) in [5.41, 5.74) is 8.29. The van der Waals surface area contributed by atoms with Crippen LogP contribution in [0.3, 0.4) is 0 Å². The van der Waals surface area contributed by atoms with E-state index in [0.717, 1.165) is 21.3 Å². The lowest BCUT2D eigenvalue weighted by molar-refractivity contribution is -0.121. The van der Waals surface area contributed by atoms with Gasteiger partial charge in [-0.15, -0.1) is 0 Å². The first-order valence-electron chi connectivity index (χ1n) is 6.21. The normalized spacial score (nSPS) is 11.4. The van der Waals surface area contributed by atoms with Crippen molar-refractivity contribution in [3.05, 3.63) is 27.7 Å². The molecule has 18 heavy (non-hydrogen) atoms. The fourth-order valence-corrected chi connectivity index (χ4v) is 2.07. The number of amides is 1. The van der Waals surface area contributed by atoms with Gasteiger partial charge in [0.05, 0.1) is 5.54 Å². The van der Waals surface area contributed by atoms with Gasteiger partial charge in [0, 0.05) is 10.2 Å². The molecule has 0 fully saturated rings. The van der Waals surface area contributed by atoms with Crippen molar-refractivity contribution in [3.8, 4) is 0 Å². The monoisotopic (exact) mass is 312 g/mol. The Morgan fingerprint density at radius 3 is 2.11 bits per heavy atom. The minimum absolute atomic E-state index is 0.117. The number of benzene rings is 1. The van der Waals surface area contributed by atoms with Crippen LogP contribution >= 0.6 is 15.9 Å². The minimum Gasteiger partial charge on any atom is -0.324 e. The van der Waals surface area contributed by atoms with Crippen molar-refractivity contribution in [1.29, 1.82) is 0 Å². The van der Waals surface area contributed by atoms with Crippen molar-refractivity contribution in [2.45, 2.75) is 46.1 Å². The van der Waals surface area contributed by atoms with Crippen LogP contribution < -0.4 is 11.1 Å². The van der Waals surface area contributed by atoms with Crippen LogP contribution in [0, 0.1) is 13.8 Å². The van der Waals surface area contributed by atoms with Crippen molar-refractivity contribution >= 4 is 27.5 Å². The highest BCUT2D eigenvalue weighted by molar-refractivity contribution is 9.10. The van der Waals surface area contributed by atoms with Crippen LogP contribution in [-0.2, 0) is 4.79 Å². The van der Waals surface area contributed by atoms with Gasteiger partial charge in [-0.25, -0.2) is 0 Å². The molecule has 0 aliphatic rings. The smallest absolute Gasteiger partial charge is 0.244 e. The second-order valence-corrected chi connectivity index (χ2v) is 5.53. The Hall–Kier alpha value is -0.870. The number of halogens is 1. The van der Waals surface area contributed by atoms with Crippen molar-refractivity contribution in [2.24, 2.45) is 5.73 Å². The number of nitrogens with two attached hydrogens (primary N) is 1. The van der Waals surface area contributed by atoms with Gasteiger partial charge in [0.1, 0.15) is 0 Å². The molecule has 0 aliphatic heterocycles. The molecule has 0 aliphatic carbocycles. The lowest BCUT2D eigenvalue weighted by Gasteiger charge is -2.25. The summed E-state index contributed by atoms with van der Waals surface area (Å²) in [6.07, 6.45) is 1.26. The summed E-state index contributed by atoms with van der Waals surface area (Å²) >= 11 is 3.51. The molecule has 3 N–H and O–H groups in total. The molecule has 0 saturated carbocycles. The van der Waals surface area contributed by atoms with E-state index in [2.05, 4.69) is 21.2 Å². The number of carbonyl (C=O) groups excluding carboxylic acids is 1. The third kappa shape index (κ3) is 3.12. The van der Waals surface area contributed by atoms with E-state index in [1.165, 1.54) is 0 Å². The van der Waals surface area contributed by atoms with Gasteiger partial charge in [0.15, 0.2) is 0 Å². The van der Waals surface area contributed by atoms with Gasteiger partial charge >= 0.3 is 0 Å². The average Bonchev–Trinajstić information content (AvgIpc) is 2.34. The Morgan fingerprint density at radius 2 is 1.72 bits per heavy atom. The van der Waals surface area contributed by atoms with Crippen molar-refractivity contribution in [2.75, 3.05) is 5.32 Å². The maximum atomic E-state index is 12.2. The number of hydrogen-bond donors (Lipinski definition) is 2. The van der Waals surface area contributed by atoms with Gasteiger partial charge in [0.2, 0.25) is 5.91 Å². The first kappa shape index (κ1) is 15.2. The summed E-state index contributed by atoms with van der Waals surface area (Å²) < 4.78 is 1.07. The minimum atomic E-state index is -0.783. The fraction of sp³-hybridized carbons (Fsp3) is 0.500. The number of rotatable bonds is 4. The quantitative estimate of drug-likeness (QED) is 0.893. The van der Waals surface area contributed by atoms with Crippen LogP contribution in [0.2, 0.25) is 0 Å². The molecule has 3 nitrogen and oxygen atoms in total. The Labute approximate surface area is 117 Å². The molecule has 1 aromatic rings. The third-order valence-electron chi connectivity index (χ3n) is 3.41. The summed E-state index contributed by atoms with van der Waals surface area (Å²) in [6, 6.07) is 3.89. The zero-order valence-electron chi connectivity index (χ0n) is 11.4. The zero-order chi connectivity index (χ0) is 13.9. The molecule has 0 unspecified atom stereocenters. The van der Waals surface area contributed by atoms with E-state index in [1.807, 2.05) is 39.8 Å². The van der Waals surface area contributed by atoms with E-state index in [4.69, 9.17) is 5.73 Å². The molecule has 0 saturated heterocycles. The summed E-state index contributed by atoms with van der Waals surface area (Å²) in [5.74, 6) is -0.117. The standard InChI is InChI=1S/C14H21BrN2O/c1-5-14(16,6-2)13(18)17-11-7-9(3)12(15)10(4)8-11/h7-8H,5-6,16H2,1-4H3,(H,17,18). The number of nitrogens with one attached hydrogen (secondary N) is 1. The predicted octanol–water partition coefficient (Wildman–Crippen LogP) is 3.52. The van der Waals surface area contributed by atoms with E-state index in [9.17, 15) is 4.79 Å². The molecule has 100 valence electrons. The van der Waals surface area contributed by atoms with Crippen LogP contribution in [0.25, 0.3) is 0 Å². The summed E-state index contributed by atoms with van der Waals surface area (Å²) in [6.45, 7) is 7.87. The number of anilines is 1. The SMILES string of the molecule is CCC(N)(CC)C(=O)Nc1cc(C)c(Br)c(C)c1. The predicted molar refractivity (Wildman–Crippen MR) is 79.7 cm³/mol. The lowest BCUT2D eigenvalue weighted by atomic mass is 9.93. The van der Waals surface area contributed by atoms with Crippen molar-refractivity contribution in [1.82, 2.24) is 0 Å². The zero-order valence-corrected chi connectivity index (χ0v) is 13.0. The highest BCUT2D eigenvalue weighted by Gasteiger charge is 2.29. The van der Waals surface area contributed by atoms with E-state index in [0.29, 0.717) is 12.8 Å². The Morgan fingerprint density at radius 1 is 1.28 bits per heavy atom. The molecule has 4 heteroatoms. The highest BCUT2D eigenvalue weighted by atomic mass is 79.9. The number of aryl methyl sites for hydroxylation is 2. The molecule has 1 aromatic carbocycles. The topological polar surface area (TPSA) is 55.1 Å². The van der Waals surface area contributed by atoms with Gasteiger partial charge in [-0.3, -0.25) is 4.79 Å². The summed E-state index contributed by atoms with van der Waals surface area (Å²) in [7, 11) is 0. The average molecular weight is 313 g/mol. The van der Waals surface area contributed by atoms with E-state index < -0.39 is 5.54 Å². The molecule has 0 radical (unpaired) electrons. The van der Waals surface area contributed by atoms with Crippen LogP contribution in [0.1, 0.15) is 37.8 Å². The van der Waals surface area contributed by atoms with Gasteiger partial charge in [0.25, 0.3) is 0 Å². The Kier molecular flexibility index (Phi) is 4.93. The second-order valence-electron chi connectivity index (χ2n) is 4.74. The molecule has 0 heterocycles. The Bertz CT molecular complexity index is 430. The maximum Gasteiger partial charge on any atom is 0.244 e. The molecule has 0 aromatic heterocycles. The number of carbonyl (C=O) groups is 1. The lowest BCUT2D eigenvalue weighted by Crippen LogP contribution is -2.50. The molecular weight excluding hydrogens is 292 g/mol. The molecule has 0 spiro atoms. The van der Waals surface area contributed by atoms with Gasteiger partial charge in [-0.1, -0.05) is 29.8 Å². The van der Waals surface area contributed by atoms with E-state index in [-0.39, 0.29) is 5.91 Å². The van der Waals surface area contributed by atoms with E-state index in [1.54, 1.807) is 0 Å². The van der Waals surface area contributed by atoms with Crippen molar-refractivity contribution in [3.63, 3.8) is 0 Å². The van der Waals surface area contributed by atoms with Crippen LogP contribution in [0.15, 0.2) is 16.6 Å². The van der Waals surface area contributed by atoms with Crippen LogP contribution in [0.5, 0.6) is 0 Å². The Balaban J connectivity index is 2.95. The fourth-order valence-electron chi connectivity index (χ4n) is 1.84. The molecule has 0 bridgehead atoms. The first-order chi connectivity index (χ1) is 8.34. The maximum absolute atomic E-state index is 12.2. The largest absolute Gasteiger partial charge is 0.324 e. The first-order valence-corrected chi connectivity index (χ1v) is 7.00. The molecule has 0 atom stereocenters. The van der Waals surface area contributed by atoms with Crippen LogP contribution in [0.4, 0.5) is 5.69 Å².